The van der Waals surface area contributed by atoms with Gasteiger partial charge in [-0.15, -0.1) is 0 Å². The molecule has 0 unspecified atom stereocenters. The zero-order valence-electron chi connectivity index (χ0n) is 18.3. The SMILES string of the molecule is Cc1c(Br)ccc(NC(=O)[C@@H](Cc2ccccc2)N2C(=O)[C@@H]3[C@H]4CC[C@@H](C4)[C@@H]3C2=O)c1C. The maximum absolute atomic E-state index is 13.6. The lowest BCUT2D eigenvalue weighted by Gasteiger charge is -2.27. The summed E-state index contributed by atoms with van der Waals surface area (Å²) in [7, 11) is 0. The van der Waals surface area contributed by atoms with Crippen molar-refractivity contribution in [3.63, 3.8) is 0 Å². The summed E-state index contributed by atoms with van der Waals surface area (Å²) in [6.45, 7) is 3.94. The summed E-state index contributed by atoms with van der Waals surface area (Å²) in [5, 5.41) is 3.01. The number of rotatable bonds is 5. The molecule has 2 saturated carbocycles. The largest absolute Gasteiger partial charge is 0.324 e. The maximum atomic E-state index is 13.6. The van der Waals surface area contributed by atoms with Crippen LogP contribution in [0.5, 0.6) is 0 Å². The molecule has 5 rings (SSSR count). The standard InChI is InChI=1S/C26H27BrN2O3/c1-14-15(2)20(11-10-19(14)27)28-24(30)21(12-16-6-4-3-5-7-16)29-25(31)22-17-8-9-18(13-17)23(22)26(29)32/h3-7,10-11,17-18,21-23H,8-9,12-13H2,1-2H3,(H,28,30)/t17-,18-,21+,22-,23+/m0/s1. The molecular formula is C26H27BrN2O3. The van der Waals surface area contributed by atoms with Crippen molar-refractivity contribution in [1.82, 2.24) is 4.90 Å². The van der Waals surface area contributed by atoms with Crippen LogP contribution in [-0.4, -0.2) is 28.7 Å². The molecule has 2 aliphatic carbocycles. The van der Waals surface area contributed by atoms with Gasteiger partial charge in [-0.1, -0.05) is 46.3 Å². The first kappa shape index (κ1) is 21.4. The minimum atomic E-state index is -0.856. The Balaban J connectivity index is 1.47. The Bertz CT molecular complexity index is 1070. The molecule has 3 fully saturated rings. The first-order valence-corrected chi connectivity index (χ1v) is 12.1. The minimum absolute atomic E-state index is 0.146. The van der Waals surface area contributed by atoms with Gasteiger partial charge in [0.2, 0.25) is 17.7 Å². The van der Waals surface area contributed by atoms with Gasteiger partial charge in [0.25, 0.3) is 0 Å². The minimum Gasteiger partial charge on any atom is -0.324 e. The number of hydrogen-bond donors (Lipinski definition) is 1. The van der Waals surface area contributed by atoms with Crippen LogP contribution in [0.1, 0.15) is 36.0 Å². The van der Waals surface area contributed by atoms with E-state index in [1.165, 1.54) is 4.90 Å². The van der Waals surface area contributed by atoms with Crippen LogP contribution in [0.15, 0.2) is 46.9 Å². The molecule has 1 N–H and O–H groups in total. The number of benzene rings is 2. The predicted molar refractivity (Wildman–Crippen MR) is 126 cm³/mol. The first-order valence-electron chi connectivity index (χ1n) is 11.3. The number of nitrogens with one attached hydrogen (secondary N) is 1. The monoisotopic (exact) mass is 494 g/mol. The molecule has 5 atom stereocenters. The molecule has 3 aliphatic rings. The highest BCUT2D eigenvalue weighted by Gasteiger charge is 2.62. The second-order valence-electron chi connectivity index (χ2n) is 9.47. The third kappa shape index (κ3) is 3.40. The van der Waals surface area contributed by atoms with Gasteiger partial charge in [-0.25, -0.2) is 0 Å². The number of halogens is 1. The number of anilines is 1. The number of carbonyl (C=O) groups excluding carboxylic acids is 3. The quantitative estimate of drug-likeness (QED) is 0.615. The van der Waals surface area contributed by atoms with Crippen molar-refractivity contribution in [3.05, 3.63) is 63.6 Å². The Kier molecular flexibility index (Phi) is 5.44. The van der Waals surface area contributed by atoms with Crippen molar-refractivity contribution >= 4 is 39.3 Å². The molecule has 2 aromatic carbocycles. The summed E-state index contributed by atoms with van der Waals surface area (Å²) in [6, 6.07) is 12.5. The van der Waals surface area contributed by atoms with E-state index in [0.29, 0.717) is 23.9 Å². The molecule has 0 radical (unpaired) electrons. The lowest BCUT2D eigenvalue weighted by Crippen LogP contribution is -2.49. The normalized spacial score (nSPS) is 27.0. The zero-order valence-corrected chi connectivity index (χ0v) is 19.9. The predicted octanol–water partition coefficient (Wildman–Crippen LogP) is 4.65. The molecule has 1 saturated heterocycles. The van der Waals surface area contributed by atoms with Gasteiger partial charge in [-0.3, -0.25) is 19.3 Å². The molecule has 5 nitrogen and oxygen atoms in total. The van der Waals surface area contributed by atoms with Gasteiger partial charge in [-0.2, -0.15) is 0 Å². The van der Waals surface area contributed by atoms with Crippen LogP contribution < -0.4 is 5.32 Å². The van der Waals surface area contributed by atoms with Gasteiger partial charge in [0.15, 0.2) is 0 Å². The van der Waals surface area contributed by atoms with E-state index < -0.39 is 6.04 Å². The Labute approximate surface area is 196 Å². The van der Waals surface area contributed by atoms with Gasteiger partial charge < -0.3 is 5.32 Å². The zero-order chi connectivity index (χ0) is 22.6. The molecule has 0 aromatic heterocycles. The second kappa shape index (κ2) is 8.14. The van der Waals surface area contributed by atoms with Crippen LogP contribution in [0.3, 0.4) is 0 Å². The lowest BCUT2D eigenvalue weighted by atomic mass is 9.81. The van der Waals surface area contributed by atoms with Crippen molar-refractivity contribution in [2.45, 2.75) is 45.6 Å². The Morgan fingerprint density at radius 1 is 1.00 bits per heavy atom. The number of amides is 3. The van der Waals surface area contributed by atoms with Crippen molar-refractivity contribution in [1.29, 1.82) is 0 Å². The molecule has 166 valence electrons. The third-order valence-corrected chi connectivity index (χ3v) is 8.69. The van der Waals surface area contributed by atoms with Crippen LogP contribution in [0.2, 0.25) is 0 Å². The summed E-state index contributed by atoms with van der Waals surface area (Å²) in [5.41, 5.74) is 3.63. The summed E-state index contributed by atoms with van der Waals surface area (Å²) in [4.78, 5) is 41.8. The first-order chi connectivity index (χ1) is 15.4. The van der Waals surface area contributed by atoms with E-state index in [-0.39, 0.29) is 29.6 Å². The van der Waals surface area contributed by atoms with E-state index >= 15 is 0 Å². The fourth-order valence-electron chi connectivity index (χ4n) is 6.02. The molecule has 0 spiro atoms. The number of carbonyl (C=O) groups is 3. The Morgan fingerprint density at radius 3 is 2.25 bits per heavy atom. The van der Waals surface area contributed by atoms with Crippen molar-refractivity contribution in [2.24, 2.45) is 23.7 Å². The van der Waals surface area contributed by atoms with Gasteiger partial charge >= 0.3 is 0 Å². The number of hydrogen-bond acceptors (Lipinski definition) is 3. The Morgan fingerprint density at radius 2 is 1.62 bits per heavy atom. The van der Waals surface area contributed by atoms with Gasteiger partial charge in [-0.05, 0) is 73.8 Å². The molecule has 1 heterocycles. The van der Waals surface area contributed by atoms with Crippen LogP contribution in [0.25, 0.3) is 0 Å². The number of imide groups is 1. The van der Waals surface area contributed by atoms with E-state index in [4.69, 9.17) is 0 Å². The van der Waals surface area contributed by atoms with Crippen molar-refractivity contribution < 1.29 is 14.4 Å². The van der Waals surface area contributed by atoms with Crippen LogP contribution in [0.4, 0.5) is 5.69 Å². The van der Waals surface area contributed by atoms with E-state index in [0.717, 1.165) is 40.4 Å². The van der Waals surface area contributed by atoms with E-state index in [9.17, 15) is 14.4 Å². The fourth-order valence-corrected chi connectivity index (χ4v) is 6.45. The number of fused-ring (bicyclic) bond motifs is 5. The average molecular weight is 495 g/mol. The molecule has 32 heavy (non-hydrogen) atoms. The molecular weight excluding hydrogens is 468 g/mol. The summed E-state index contributed by atoms with van der Waals surface area (Å²) in [6.07, 6.45) is 3.33. The Hall–Kier alpha value is -2.47. The highest BCUT2D eigenvalue weighted by Crippen LogP contribution is 2.56. The van der Waals surface area contributed by atoms with Crippen LogP contribution in [0, 0.1) is 37.5 Å². The van der Waals surface area contributed by atoms with E-state index in [2.05, 4.69) is 21.2 Å². The molecule has 6 heteroatoms. The third-order valence-electron chi connectivity index (χ3n) is 7.83. The van der Waals surface area contributed by atoms with Crippen molar-refractivity contribution in [2.75, 3.05) is 5.32 Å². The van der Waals surface area contributed by atoms with Gasteiger partial charge in [0.1, 0.15) is 6.04 Å². The number of likely N-dealkylation sites (tertiary alicyclic amines) is 1. The highest BCUT2D eigenvalue weighted by atomic mass is 79.9. The van der Waals surface area contributed by atoms with Crippen LogP contribution >= 0.6 is 15.9 Å². The summed E-state index contributed by atoms with van der Waals surface area (Å²) in [5.74, 6) is -0.480. The smallest absolute Gasteiger partial charge is 0.248 e. The van der Waals surface area contributed by atoms with E-state index in [1.54, 1.807) is 0 Å². The topological polar surface area (TPSA) is 66.5 Å². The lowest BCUT2D eigenvalue weighted by molar-refractivity contribution is -0.147. The molecule has 2 bridgehead atoms. The second-order valence-corrected chi connectivity index (χ2v) is 10.3. The molecule has 2 aromatic rings. The van der Waals surface area contributed by atoms with E-state index in [1.807, 2.05) is 56.3 Å². The highest BCUT2D eigenvalue weighted by molar-refractivity contribution is 9.10. The fraction of sp³-hybridized carbons (Fsp3) is 0.423. The maximum Gasteiger partial charge on any atom is 0.248 e. The number of nitrogens with zero attached hydrogens (tertiary/aromatic N) is 1. The molecule has 1 aliphatic heterocycles. The van der Waals surface area contributed by atoms with Crippen LogP contribution in [-0.2, 0) is 20.8 Å². The van der Waals surface area contributed by atoms with Gasteiger partial charge in [0.05, 0.1) is 11.8 Å². The summed E-state index contributed by atoms with van der Waals surface area (Å²) >= 11 is 3.52. The van der Waals surface area contributed by atoms with Crippen molar-refractivity contribution in [3.8, 4) is 0 Å². The summed E-state index contributed by atoms with van der Waals surface area (Å²) < 4.78 is 0.974. The average Bonchev–Trinajstić information content (AvgIpc) is 3.47. The molecule has 3 amide bonds. The van der Waals surface area contributed by atoms with Gasteiger partial charge in [0, 0.05) is 16.6 Å².